The standard InChI is InChI=1S/C40H56O6/c1-26(41)46-32-17-18-37(6)30(36(32,4)5)16-19-38(7)31(37)15-14-28-29-24-35(2,3)20-21-39(29,34(43)44-8)22-23-40(28,38)25-45-33(42)27-12-10-9-11-13-27/h9-14,29-32H,15-25H2,1-8H3/t29-,30-,31+,32-,37-,38+,39+,40-/m0/s1. The molecule has 4 saturated carbocycles. The molecule has 0 saturated heterocycles. The minimum absolute atomic E-state index is 0.0361. The number of ether oxygens (including phenoxy) is 3. The number of allylic oxidation sites excluding steroid dienone is 1. The molecule has 1 aromatic carbocycles. The van der Waals surface area contributed by atoms with E-state index in [4.69, 9.17) is 14.2 Å². The molecular formula is C40H56O6. The van der Waals surface area contributed by atoms with Crippen LogP contribution >= 0.6 is 0 Å². The molecule has 6 nitrogen and oxygen atoms in total. The molecule has 0 aromatic heterocycles. The van der Waals surface area contributed by atoms with Crippen molar-refractivity contribution in [1.82, 2.24) is 0 Å². The van der Waals surface area contributed by atoms with Crippen LogP contribution in [0.3, 0.4) is 0 Å². The van der Waals surface area contributed by atoms with Crippen molar-refractivity contribution in [2.75, 3.05) is 13.7 Å². The fraction of sp³-hybridized carbons (Fsp3) is 0.725. The topological polar surface area (TPSA) is 78.9 Å². The van der Waals surface area contributed by atoms with Gasteiger partial charge >= 0.3 is 17.9 Å². The average Bonchev–Trinajstić information content (AvgIpc) is 3.01. The second kappa shape index (κ2) is 11.2. The highest BCUT2D eigenvalue weighted by atomic mass is 16.5. The quantitative estimate of drug-likeness (QED) is 0.184. The second-order valence-corrected chi connectivity index (χ2v) is 17.5. The lowest BCUT2D eigenvalue weighted by Gasteiger charge is -2.71. The van der Waals surface area contributed by atoms with E-state index >= 15 is 0 Å². The summed E-state index contributed by atoms with van der Waals surface area (Å²) in [5.41, 5.74) is 0.887. The lowest BCUT2D eigenvalue weighted by molar-refractivity contribution is -0.220. The molecule has 0 spiro atoms. The molecule has 0 aliphatic heterocycles. The summed E-state index contributed by atoms with van der Waals surface area (Å²) >= 11 is 0. The van der Waals surface area contributed by atoms with Crippen LogP contribution in [0.1, 0.15) is 123 Å². The summed E-state index contributed by atoms with van der Waals surface area (Å²) in [7, 11) is 1.54. The van der Waals surface area contributed by atoms with Gasteiger partial charge in [-0.25, -0.2) is 4.79 Å². The summed E-state index contributed by atoms with van der Waals surface area (Å²) in [6.07, 6.45) is 11.6. The van der Waals surface area contributed by atoms with Gasteiger partial charge < -0.3 is 14.2 Å². The first-order chi connectivity index (χ1) is 21.6. The first kappa shape index (κ1) is 33.3. The molecular weight excluding hydrogens is 576 g/mol. The van der Waals surface area contributed by atoms with E-state index in [1.165, 1.54) is 12.5 Å². The highest BCUT2D eigenvalue weighted by Gasteiger charge is 2.71. The highest BCUT2D eigenvalue weighted by Crippen LogP contribution is 2.76. The van der Waals surface area contributed by atoms with Gasteiger partial charge in [0.15, 0.2) is 0 Å². The Labute approximate surface area is 276 Å². The molecule has 1 aromatic rings. The van der Waals surface area contributed by atoms with Gasteiger partial charge in [0.1, 0.15) is 12.7 Å². The van der Waals surface area contributed by atoms with Crippen molar-refractivity contribution in [1.29, 1.82) is 0 Å². The summed E-state index contributed by atoms with van der Waals surface area (Å²) in [6.45, 7) is 16.1. The monoisotopic (exact) mass is 632 g/mol. The summed E-state index contributed by atoms with van der Waals surface area (Å²) in [6, 6.07) is 9.32. The van der Waals surface area contributed by atoms with Gasteiger partial charge in [-0.05, 0) is 110 Å². The van der Waals surface area contributed by atoms with E-state index in [0.717, 1.165) is 64.2 Å². The van der Waals surface area contributed by atoms with Crippen LogP contribution < -0.4 is 0 Å². The molecule has 0 bridgehead atoms. The molecule has 0 radical (unpaired) electrons. The third-order valence-corrected chi connectivity index (χ3v) is 14.6. The van der Waals surface area contributed by atoms with Crippen molar-refractivity contribution in [2.24, 2.45) is 50.2 Å². The van der Waals surface area contributed by atoms with Gasteiger partial charge in [0, 0.05) is 17.8 Å². The molecule has 0 N–H and O–H groups in total. The molecule has 0 amide bonds. The summed E-state index contributed by atoms with van der Waals surface area (Å²) in [4.78, 5) is 39.4. The summed E-state index contributed by atoms with van der Waals surface area (Å²) < 4.78 is 17.9. The minimum Gasteiger partial charge on any atom is -0.469 e. The Morgan fingerprint density at radius 1 is 0.848 bits per heavy atom. The van der Waals surface area contributed by atoms with E-state index in [-0.39, 0.29) is 57.0 Å². The van der Waals surface area contributed by atoms with Crippen LogP contribution in [0.25, 0.3) is 0 Å². The normalized spacial score (nSPS) is 40.5. The Kier molecular flexibility index (Phi) is 8.12. The molecule has 0 unspecified atom stereocenters. The molecule has 252 valence electrons. The van der Waals surface area contributed by atoms with Crippen molar-refractivity contribution in [3.8, 4) is 0 Å². The Morgan fingerprint density at radius 3 is 2.22 bits per heavy atom. The zero-order chi connectivity index (χ0) is 33.3. The van der Waals surface area contributed by atoms with Crippen molar-refractivity contribution in [3.05, 3.63) is 47.5 Å². The van der Waals surface area contributed by atoms with Crippen molar-refractivity contribution in [2.45, 2.75) is 119 Å². The number of hydrogen-bond donors (Lipinski definition) is 0. The molecule has 4 fully saturated rings. The Hall–Kier alpha value is -2.63. The molecule has 0 heterocycles. The number of esters is 3. The van der Waals surface area contributed by atoms with Crippen LogP contribution in [0.4, 0.5) is 0 Å². The Balaban J connectivity index is 1.45. The number of carbonyl (C=O) groups is 3. The molecule has 5 aliphatic carbocycles. The fourth-order valence-corrected chi connectivity index (χ4v) is 12.2. The van der Waals surface area contributed by atoms with Crippen LogP contribution in [-0.4, -0.2) is 37.7 Å². The third kappa shape index (κ3) is 4.81. The van der Waals surface area contributed by atoms with Crippen LogP contribution in [0.5, 0.6) is 0 Å². The molecule has 8 atom stereocenters. The van der Waals surface area contributed by atoms with E-state index in [1.54, 1.807) is 7.11 Å². The minimum atomic E-state index is -0.530. The first-order valence-electron chi connectivity index (χ1n) is 17.7. The summed E-state index contributed by atoms with van der Waals surface area (Å²) in [5, 5.41) is 0. The maximum absolute atomic E-state index is 13.8. The molecule has 46 heavy (non-hydrogen) atoms. The van der Waals surface area contributed by atoms with Gasteiger partial charge in [0.2, 0.25) is 0 Å². The van der Waals surface area contributed by atoms with Crippen molar-refractivity contribution in [3.63, 3.8) is 0 Å². The highest BCUT2D eigenvalue weighted by molar-refractivity contribution is 5.89. The number of fused-ring (bicyclic) bond motifs is 7. The predicted molar refractivity (Wildman–Crippen MR) is 178 cm³/mol. The van der Waals surface area contributed by atoms with Crippen LogP contribution in [0.2, 0.25) is 0 Å². The number of methoxy groups -OCH3 is 1. The zero-order valence-electron chi connectivity index (χ0n) is 29.5. The van der Waals surface area contributed by atoms with Gasteiger partial charge in [0.05, 0.1) is 18.1 Å². The van der Waals surface area contributed by atoms with E-state index < -0.39 is 5.41 Å². The van der Waals surface area contributed by atoms with Gasteiger partial charge in [-0.1, -0.05) is 71.4 Å². The largest absolute Gasteiger partial charge is 0.469 e. The van der Waals surface area contributed by atoms with Crippen molar-refractivity contribution >= 4 is 17.9 Å². The molecule has 6 heteroatoms. The molecule has 6 rings (SSSR count). The zero-order valence-corrected chi connectivity index (χ0v) is 29.5. The van der Waals surface area contributed by atoms with Gasteiger partial charge in [-0.2, -0.15) is 0 Å². The maximum Gasteiger partial charge on any atom is 0.338 e. The first-order valence-corrected chi connectivity index (χ1v) is 17.7. The lowest BCUT2D eigenvalue weighted by atomic mass is 9.33. The van der Waals surface area contributed by atoms with E-state index in [0.29, 0.717) is 24.0 Å². The van der Waals surface area contributed by atoms with Crippen molar-refractivity contribution < 1.29 is 28.6 Å². The second-order valence-electron chi connectivity index (χ2n) is 17.5. The predicted octanol–water partition coefficient (Wildman–Crippen LogP) is 8.73. The van der Waals surface area contributed by atoms with E-state index in [9.17, 15) is 14.4 Å². The van der Waals surface area contributed by atoms with E-state index in [2.05, 4.69) is 47.6 Å². The van der Waals surface area contributed by atoms with Crippen LogP contribution in [0.15, 0.2) is 42.0 Å². The molecule has 5 aliphatic rings. The Morgan fingerprint density at radius 2 is 1.54 bits per heavy atom. The van der Waals surface area contributed by atoms with E-state index in [1.807, 2.05) is 30.3 Å². The van der Waals surface area contributed by atoms with Crippen LogP contribution in [-0.2, 0) is 23.8 Å². The number of carbonyl (C=O) groups excluding carboxylic acids is 3. The third-order valence-electron chi connectivity index (χ3n) is 14.6. The number of benzene rings is 1. The van der Waals surface area contributed by atoms with Gasteiger partial charge in [0.25, 0.3) is 0 Å². The average molecular weight is 633 g/mol. The smallest absolute Gasteiger partial charge is 0.338 e. The summed E-state index contributed by atoms with van der Waals surface area (Å²) in [5.74, 6) is 0.291. The number of hydrogen-bond acceptors (Lipinski definition) is 6. The lowest BCUT2D eigenvalue weighted by Crippen LogP contribution is -2.67. The van der Waals surface area contributed by atoms with Gasteiger partial charge in [-0.3, -0.25) is 9.59 Å². The van der Waals surface area contributed by atoms with Crippen LogP contribution in [0, 0.1) is 50.2 Å². The fourth-order valence-electron chi connectivity index (χ4n) is 12.2. The number of rotatable bonds is 5. The Bertz CT molecular complexity index is 1410. The SMILES string of the molecule is COC(=O)[C@@]12CCC(C)(C)C[C@H]1C1=CC[C@@H]3[C@@]4(C)CC[C@H](OC(C)=O)C(C)(C)[C@@H]4CC[C@@]3(C)[C@]1(COC(=O)c1ccccc1)CC2. The maximum atomic E-state index is 13.8. The van der Waals surface area contributed by atoms with Gasteiger partial charge in [-0.15, -0.1) is 0 Å².